The molecule has 48 heavy (non-hydrogen) atoms. The highest BCUT2D eigenvalue weighted by Gasteiger charge is 2.68. The summed E-state index contributed by atoms with van der Waals surface area (Å²) in [6, 6.07) is 2.99. The zero-order valence-electron chi connectivity index (χ0n) is 26.7. The third-order valence-electron chi connectivity index (χ3n) is 11.4. The number of hydrogen-bond acceptors (Lipinski definition) is 12. The van der Waals surface area contributed by atoms with Crippen molar-refractivity contribution in [3.63, 3.8) is 0 Å². The monoisotopic (exact) mass is 669 g/mol. The van der Waals surface area contributed by atoms with Crippen LogP contribution in [0.5, 0.6) is 0 Å². The Labute approximate surface area is 276 Å². The molecule has 0 saturated heterocycles. The number of ether oxygens (including phenoxy) is 1. The Kier molecular flexibility index (Phi) is 9.70. The number of amides is 1. The summed E-state index contributed by atoms with van der Waals surface area (Å²) < 4.78 is 5.13. The Morgan fingerprint density at radius 1 is 1.17 bits per heavy atom. The van der Waals surface area contributed by atoms with Gasteiger partial charge in [0.05, 0.1) is 18.2 Å². The molecule has 9 unspecified atom stereocenters. The number of rotatable bonds is 11. The molecule has 3 fully saturated rings. The number of nitrogens with one attached hydrogen (secondary N) is 1. The molecule has 4 aliphatic rings. The molecule has 0 aromatic heterocycles. The van der Waals surface area contributed by atoms with Crippen LogP contribution >= 0.6 is 0 Å². The molecule has 0 heterocycles. The Bertz CT molecular complexity index is 1560. The predicted molar refractivity (Wildman–Crippen MR) is 167 cm³/mol. The SMILES string of the molecule is CC12C=CC(=O)C=C1CCC1C2C(O)CC2(C)C1CCC2(O)C(=O)COC(=O)CCC(=O)NC(C(=O)O)C(O)c1cccc(N([O-])O)c1. The highest BCUT2D eigenvalue weighted by atomic mass is 16.8. The van der Waals surface area contributed by atoms with E-state index in [1.807, 2.05) is 13.0 Å². The van der Waals surface area contributed by atoms with Crippen LogP contribution in [0, 0.1) is 33.8 Å². The summed E-state index contributed by atoms with van der Waals surface area (Å²) in [5, 5.41) is 65.3. The molecule has 0 spiro atoms. The van der Waals surface area contributed by atoms with Crippen molar-refractivity contribution in [2.75, 3.05) is 11.8 Å². The number of fused-ring (bicyclic) bond motifs is 5. The van der Waals surface area contributed by atoms with Gasteiger partial charge in [-0.3, -0.25) is 24.4 Å². The topological polar surface area (TPSA) is 234 Å². The molecule has 5 rings (SSSR count). The zero-order chi connectivity index (χ0) is 35.2. The smallest absolute Gasteiger partial charge is 0.329 e. The molecule has 0 aliphatic heterocycles. The summed E-state index contributed by atoms with van der Waals surface area (Å²) in [7, 11) is 0. The minimum atomic E-state index is -1.86. The first-order valence-electron chi connectivity index (χ1n) is 16.0. The lowest BCUT2D eigenvalue weighted by molar-refractivity contribution is -0.181. The second-order valence-electron chi connectivity index (χ2n) is 13.9. The molecule has 1 aromatic carbocycles. The van der Waals surface area contributed by atoms with Gasteiger partial charge in [0.2, 0.25) is 11.7 Å². The molecular weight excluding hydrogens is 628 g/mol. The van der Waals surface area contributed by atoms with Crippen molar-refractivity contribution >= 4 is 35.1 Å². The van der Waals surface area contributed by atoms with Gasteiger partial charge in [0.15, 0.2) is 18.4 Å². The van der Waals surface area contributed by atoms with Gasteiger partial charge >= 0.3 is 11.9 Å². The van der Waals surface area contributed by atoms with Gasteiger partial charge in [0, 0.05) is 23.2 Å². The van der Waals surface area contributed by atoms with E-state index < -0.39 is 83.0 Å². The molecule has 14 nitrogen and oxygen atoms in total. The number of ketones is 2. The lowest BCUT2D eigenvalue weighted by Gasteiger charge is -2.59. The molecule has 260 valence electrons. The van der Waals surface area contributed by atoms with E-state index in [9.17, 15) is 49.6 Å². The number of carboxylic acid groups (broad SMARTS) is 1. The first-order valence-corrected chi connectivity index (χ1v) is 16.0. The van der Waals surface area contributed by atoms with E-state index in [0.717, 1.165) is 11.6 Å². The molecule has 4 aliphatic carbocycles. The van der Waals surface area contributed by atoms with E-state index in [1.54, 1.807) is 13.0 Å². The van der Waals surface area contributed by atoms with Crippen LogP contribution in [0.25, 0.3) is 0 Å². The number of Topliss-reactive ketones (excluding diaryl/α,β-unsaturated/α-hetero) is 1. The van der Waals surface area contributed by atoms with Crippen molar-refractivity contribution in [2.24, 2.45) is 28.6 Å². The van der Waals surface area contributed by atoms with Gasteiger partial charge in [0.25, 0.3) is 0 Å². The van der Waals surface area contributed by atoms with Gasteiger partial charge in [-0.1, -0.05) is 37.6 Å². The number of carbonyl (C=O) groups excluding carboxylic acids is 4. The van der Waals surface area contributed by atoms with Crippen molar-refractivity contribution in [1.82, 2.24) is 5.32 Å². The minimum Gasteiger partial charge on any atom is -0.733 e. The second kappa shape index (κ2) is 13.2. The first kappa shape index (κ1) is 35.4. The van der Waals surface area contributed by atoms with Crippen LogP contribution in [0.1, 0.15) is 70.5 Å². The Morgan fingerprint density at radius 2 is 1.90 bits per heavy atom. The standard InChI is InChI=1S/C34H41N2O12/c1-32-12-10-21(37)15-19(32)6-7-22-23-11-13-34(45,33(23,2)16-24(38)28(22)32)25(39)17-48-27(41)9-8-26(40)35-29(31(43)44)30(42)18-4-3-5-20(14-18)36(46)47/h3-5,10,12,14-15,22-24,28-30,38,42,45-46H,6-9,11,13,16-17H2,1-2H3,(H,35,40)(H,43,44)/q-1. The van der Waals surface area contributed by atoms with Crippen LogP contribution in [0.4, 0.5) is 5.69 Å². The Hall–Kier alpha value is -3.95. The van der Waals surface area contributed by atoms with Crippen molar-refractivity contribution < 1.29 is 54.3 Å². The molecule has 3 saturated carbocycles. The number of aliphatic carboxylic acids is 1. The molecule has 0 radical (unpaired) electrons. The van der Waals surface area contributed by atoms with E-state index in [2.05, 4.69) is 5.32 Å². The van der Waals surface area contributed by atoms with Crippen molar-refractivity contribution in [3.05, 3.63) is 58.8 Å². The van der Waals surface area contributed by atoms with Crippen LogP contribution < -0.4 is 10.5 Å². The number of anilines is 1. The fraction of sp³-hybridized carbons (Fsp3) is 0.559. The van der Waals surface area contributed by atoms with Crippen LogP contribution in [-0.4, -0.2) is 79.4 Å². The molecule has 14 heteroatoms. The highest BCUT2D eigenvalue weighted by Crippen LogP contribution is 2.67. The Balaban J connectivity index is 1.16. The number of carbonyl (C=O) groups is 5. The minimum absolute atomic E-state index is 0.00483. The number of carboxylic acids is 1. The lowest BCUT2D eigenvalue weighted by Crippen LogP contribution is -2.61. The average molecular weight is 670 g/mol. The summed E-state index contributed by atoms with van der Waals surface area (Å²) >= 11 is 0. The maximum absolute atomic E-state index is 13.5. The van der Waals surface area contributed by atoms with Crippen molar-refractivity contribution in [3.8, 4) is 0 Å². The maximum Gasteiger partial charge on any atom is 0.329 e. The van der Waals surface area contributed by atoms with E-state index in [4.69, 9.17) is 9.94 Å². The molecule has 9 atom stereocenters. The van der Waals surface area contributed by atoms with Crippen LogP contribution in [-0.2, 0) is 28.7 Å². The van der Waals surface area contributed by atoms with Gasteiger partial charge in [0.1, 0.15) is 11.7 Å². The Morgan fingerprint density at radius 3 is 2.58 bits per heavy atom. The van der Waals surface area contributed by atoms with Crippen LogP contribution in [0.2, 0.25) is 0 Å². The quantitative estimate of drug-likeness (QED) is 0.146. The van der Waals surface area contributed by atoms with E-state index in [0.29, 0.717) is 19.3 Å². The van der Waals surface area contributed by atoms with Crippen LogP contribution in [0.15, 0.2) is 48.1 Å². The van der Waals surface area contributed by atoms with E-state index in [-0.39, 0.29) is 47.6 Å². The third kappa shape index (κ3) is 6.18. The summed E-state index contributed by atoms with van der Waals surface area (Å²) in [4.78, 5) is 62.3. The fourth-order valence-electron chi connectivity index (χ4n) is 8.88. The van der Waals surface area contributed by atoms with Gasteiger partial charge in [-0.05, 0) is 73.8 Å². The fourth-order valence-corrected chi connectivity index (χ4v) is 8.88. The third-order valence-corrected chi connectivity index (χ3v) is 11.4. The molecule has 0 bridgehead atoms. The van der Waals surface area contributed by atoms with Gasteiger partial charge in [-0.25, -0.2) is 4.79 Å². The lowest BCUT2D eigenvalue weighted by atomic mass is 9.46. The molecule has 1 aromatic rings. The largest absolute Gasteiger partial charge is 0.733 e. The molecule has 1 amide bonds. The predicted octanol–water partition coefficient (Wildman–Crippen LogP) is 1.89. The second-order valence-corrected chi connectivity index (χ2v) is 13.9. The van der Waals surface area contributed by atoms with E-state index >= 15 is 0 Å². The number of hydrogen-bond donors (Lipinski definition) is 6. The number of esters is 1. The van der Waals surface area contributed by atoms with Crippen molar-refractivity contribution in [1.29, 1.82) is 0 Å². The van der Waals surface area contributed by atoms with Gasteiger partial charge < -0.3 is 40.9 Å². The first-order chi connectivity index (χ1) is 22.5. The van der Waals surface area contributed by atoms with Crippen LogP contribution in [0.3, 0.4) is 0 Å². The number of benzene rings is 1. The number of nitrogens with zero attached hydrogens (tertiary/aromatic N) is 1. The number of aliphatic hydroxyl groups is 3. The average Bonchev–Trinajstić information content (AvgIpc) is 3.31. The van der Waals surface area contributed by atoms with Crippen molar-refractivity contribution in [2.45, 2.75) is 82.6 Å². The van der Waals surface area contributed by atoms with E-state index in [1.165, 1.54) is 24.3 Å². The summed E-state index contributed by atoms with van der Waals surface area (Å²) in [5.74, 6) is -4.52. The number of aliphatic hydroxyl groups excluding tert-OH is 2. The summed E-state index contributed by atoms with van der Waals surface area (Å²) in [5.41, 5.74) is -2.71. The van der Waals surface area contributed by atoms with Gasteiger partial charge in [-0.15, -0.1) is 0 Å². The normalized spacial score (nSPS) is 33.3. The maximum atomic E-state index is 13.5. The van der Waals surface area contributed by atoms with Gasteiger partial charge in [-0.2, -0.15) is 0 Å². The summed E-state index contributed by atoms with van der Waals surface area (Å²) in [6.07, 6.45) is 3.54. The molecule has 6 N–H and O–H groups in total. The summed E-state index contributed by atoms with van der Waals surface area (Å²) in [6.45, 7) is 3.07. The highest BCUT2D eigenvalue weighted by molar-refractivity contribution is 6.01. The molecular formula is C34H41N2O12-. The number of allylic oxidation sites excluding steroid dienone is 4. The zero-order valence-corrected chi connectivity index (χ0v) is 26.7.